The van der Waals surface area contributed by atoms with Gasteiger partial charge in [-0.05, 0) is 37.4 Å². The third kappa shape index (κ3) is 4.08. The van der Waals surface area contributed by atoms with Crippen LogP contribution in [0.5, 0.6) is 0 Å². The Morgan fingerprint density at radius 3 is 2.37 bits per heavy atom. The molecule has 3 rings (SSSR count). The normalized spacial score (nSPS) is 14.3. The Labute approximate surface area is 161 Å². The highest BCUT2D eigenvalue weighted by molar-refractivity contribution is 7.98. The smallest absolute Gasteiger partial charge is 0.409 e. The van der Waals surface area contributed by atoms with Crippen LogP contribution in [-0.2, 0) is 4.74 Å². The van der Waals surface area contributed by atoms with Gasteiger partial charge in [-0.25, -0.2) is 14.2 Å². The van der Waals surface area contributed by atoms with Crippen LogP contribution < -0.4 is 0 Å². The summed E-state index contributed by atoms with van der Waals surface area (Å²) in [5, 5.41) is 0.648. The summed E-state index contributed by atoms with van der Waals surface area (Å²) in [6.45, 7) is 3.76. The predicted octanol–water partition coefficient (Wildman–Crippen LogP) is 2.65. The maximum Gasteiger partial charge on any atom is 0.409 e. The molecule has 27 heavy (non-hydrogen) atoms. The second kappa shape index (κ2) is 8.43. The number of rotatable bonds is 4. The summed E-state index contributed by atoms with van der Waals surface area (Å²) in [5.74, 6) is -0.511. The fourth-order valence-corrected chi connectivity index (χ4v) is 3.48. The highest BCUT2D eigenvalue weighted by atomic mass is 32.2. The SMILES string of the molecule is CCOC(=O)N1CCN(C(=O)c2cnc(SC)n2-c2ccc(F)cc2)CC1. The maximum absolute atomic E-state index is 13.3. The van der Waals surface area contributed by atoms with Gasteiger partial charge < -0.3 is 14.5 Å². The van der Waals surface area contributed by atoms with E-state index in [4.69, 9.17) is 4.74 Å². The lowest BCUT2D eigenvalue weighted by molar-refractivity contribution is 0.0564. The molecule has 144 valence electrons. The monoisotopic (exact) mass is 392 g/mol. The van der Waals surface area contributed by atoms with Gasteiger partial charge in [0.1, 0.15) is 11.5 Å². The molecule has 0 atom stereocenters. The van der Waals surface area contributed by atoms with E-state index in [1.165, 1.54) is 30.1 Å². The molecule has 1 aromatic heterocycles. The van der Waals surface area contributed by atoms with Gasteiger partial charge in [-0.1, -0.05) is 11.8 Å². The summed E-state index contributed by atoms with van der Waals surface area (Å²) >= 11 is 1.41. The Balaban J connectivity index is 1.79. The molecule has 0 N–H and O–H groups in total. The minimum atomic E-state index is -0.356. The molecule has 2 heterocycles. The highest BCUT2D eigenvalue weighted by Crippen LogP contribution is 2.23. The molecule has 0 saturated carbocycles. The molecule has 1 aromatic carbocycles. The Kier molecular flexibility index (Phi) is 6.00. The first kappa shape index (κ1) is 19.2. The van der Waals surface area contributed by atoms with Crippen LogP contribution in [0.2, 0.25) is 0 Å². The first-order valence-electron chi connectivity index (χ1n) is 8.63. The van der Waals surface area contributed by atoms with Crippen LogP contribution >= 0.6 is 11.8 Å². The number of imidazole rings is 1. The number of aromatic nitrogens is 2. The third-order valence-corrected chi connectivity index (χ3v) is 4.96. The van der Waals surface area contributed by atoms with Gasteiger partial charge in [-0.15, -0.1) is 0 Å². The highest BCUT2D eigenvalue weighted by Gasteiger charge is 2.28. The number of halogens is 1. The van der Waals surface area contributed by atoms with Crippen LogP contribution in [-0.4, -0.2) is 70.4 Å². The van der Waals surface area contributed by atoms with Crippen LogP contribution in [0.15, 0.2) is 35.6 Å². The van der Waals surface area contributed by atoms with E-state index in [0.717, 1.165) is 0 Å². The number of carbonyl (C=O) groups excluding carboxylic acids is 2. The lowest BCUT2D eigenvalue weighted by atomic mass is 10.2. The van der Waals surface area contributed by atoms with E-state index in [1.54, 1.807) is 33.4 Å². The molecule has 1 fully saturated rings. The molecule has 0 spiro atoms. The Morgan fingerprint density at radius 2 is 1.78 bits per heavy atom. The zero-order valence-electron chi connectivity index (χ0n) is 15.2. The fraction of sp³-hybridized carbons (Fsp3) is 0.389. The lowest BCUT2D eigenvalue weighted by Crippen LogP contribution is -2.51. The van der Waals surface area contributed by atoms with E-state index < -0.39 is 0 Å². The molecule has 7 nitrogen and oxygen atoms in total. The molecule has 9 heteroatoms. The zero-order chi connectivity index (χ0) is 19.4. The molecule has 1 aliphatic heterocycles. The summed E-state index contributed by atoms with van der Waals surface area (Å²) in [6, 6.07) is 5.94. The van der Waals surface area contributed by atoms with Crippen molar-refractivity contribution in [3.63, 3.8) is 0 Å². The van der Waals surface area contributed by atoms with Crippen molar-refractivity contribution < 1.29 is 18.7 Å². The molecule has 2 amide bonds. The first-order valence-corrected chi connectivity index (χ1v) is 9.86. The average molecular weight is 392 g/mol. The topological polar surface area (TPSA) is 67.7 Å². The number of amides is 2. The minimum absolute atomic E-state index is 0.171. The Bertz CT molecular complexity index is 817. The van der Waals surface area contributed by atoms with Gasteiger partial charge in [-0.3, -0.25) is 9.36 Å². The van der Waals surface area contributed by atoms with Crippen LogP contribution in [0.4, 0.5) is 9.18 Å². The number of benzene rings is 1. The zero-order valence-corrected chi connectivity index (χ0v) is 16.0. The van der Waals surface area contributed by atoms with E-state index in [0.29, 0.717) is 49.3 Å². The van der Waals surface area contributed by atoms with Gasteiger partial charge in [0, 0.05) is 31.9 Å². The average Bonchev–Trinajstić information content (AvgIpc) is 3.12. The number of carbonyl (C=O) groups is 2. The van der Waals surface area contributed by atoms with Crippen molar-refractivity contribution in [3.8, 4) is 5.69 Å². The van der Waals surface area contributed by atoms with Crippen molar-refractivity contribution in [1.82, 2.24) is 19.4 Å². The summed E-state index contributed by atoms with van der Waals surface area (Å²) in [6.07, 6.45) is 3.05. The number of ether oxygens (including phenoxy) is 1. The van der Waals surface area contributed by atoms with Crippen LogP contribution in [0.25, 0.3) is 5.69 Å². The largest absolute Gasteiger partial charge is 0.450 e. The lowest BCUT2D eigenvalue weighted by Gasteiger charge is -2.34. The van der Waals surface area contributed by atoms with Crippen molar-refractivity contribution in [2.24, 2.45) is 0 Å². The van der Waals surface area contributed by atoms with Crippen molar-refractivity contribution >= 4 is 23.8 Å². The second-order valence-electron chi connectivity index (χ2n) is 5.92. The molecule has 1 saturated heterocycles. The van der Waals surface area contributed by atoms with E-state index >= 15 is 0 Å². The molecular formula is C18H21FN4O3S. The molecular weight excluding hydrogens is 371 g/mol. The van der Waals surface area contributed by atoms with Crippen molar-refractivity contribution in [2.75, 3.05) is 39.0 Å². The summed E-state index contributed by atoms with van der Waals surface area (Å²) in [4.78, 5) is 32.4. The molecule has 2 aromatic rings. The van der Waals surface area contributed by atoms with E-state index in [2.05, 4.69) is 4.98 Å². The van der Waals surface area contributed by atoms with E-state index in [1.807, 2.05) is 6.26 Å². The first-order chi connectivity index (χ1) is 13.0. The van der Waals surface area contributed by atoms with Crippen molar-refractivity contribution in [2.45, 2.75) is 12.1 Å². The number of hydrogen-bond donors (Lipinski definition) is 0. The van der Waals surface area contributed by atoms with Crippen LogP contribution in [0.3, 0.4) is 0 Å². The number of nitrogens with zero attached hydrogens (tertiary/aromatic N) is 4. The van der Waals surface area contributed by atoms with Gasteiger partial charge in [0.05, 0.1) is 12.8 Å². The quantitative estimate of drug-likeness (QED) is 0.749. The predicted molar refractivity (Wildman–Crippen MR) is 99.8 cm³/mol. The summed E-state index contributed by atoms with van der Waals surface area (Å²) in [5.41, 5.74) is 1.09. The third-order valence-electron chi connectivity index (χ3n) is 4.31. The van der Waals surface area contributed by atoms with E-state index in [-0.39, 0.29) is 17.8 Å². The number of piperazine rings is 1. The Hall–Kier alpha value is -2.55. The summed E-state index contributed by atoms with van der Waals surface area (Å²) < 4.78 is 20.0. The van der Waals surface area contributed by atoms with Gasteiger partial charge >= 0.3 is 6.09 Å². The van der Waals surface area contributed by atoms with Crippen molar-refractivity contribution in [1.29, 1.82) is 0 Å². The van der Waals surface area contributed by atoms with Gasteiger partial charge in [0.2, 0.25) is 0 Å². The molecule has 0 radical (unpaired) electrons. The molecule has 0 aliphatic carbocycles. The Morgan fingerprint density at radius 1 is 1.15 bits per heavy atom. The van der Waals surface area contributed by atoms with E-state index in [9.17, 15) is 14.0 Å². The molecule has 0 bridgehead atoms. The summed E-state index contributed by atoms with van der Waals surface area (Å²) in [7, 11) is 0. The van der Waals surface area contributed by atoms with Crippen molar-refractivity contribution in [3.05, 3.63) is 42.0 Å². The minimum Gasteiger partial charge on any atom is -0.450 e. The van der Waals surface area contributed by atoms with Gasteiger partial charge in [0.15, 0.2) is 5.16 Å². The standard InChI is InChI=1S/C18H21FN4O3S/c1-3-26-18(25)22-10-8-21(9-11-22)16(24)15-12-20-17(27-2)23(15)14-6-4-13(19)5-7-14/h4-7,12H,3,8-11H2,1-2H3. The van der Waals surface area contributed by atoms with Gasteiger partial charge in [-0.2, -0.15) is 0 Å². The molecule has 1 aliphatic rings. The molecule has 0 unspecified atom stereocenters. The second-order valence-corrected chi connectivity index (χ2v) is 6.69. The fourth-order valence-electron chi connectivity index (χ4n) is 2.94. The maximum atomic E-state index is 13.3. The van der Waals surface area contributed by atoms with Crippen LogP contribution in [0, 0.1) is 5.82 Å². The number of thioether (sulfide) groups is 1. The van der Waals surface area contributed by atoms with Gasteiger partial charge in [0.25, 0.3) is 5.91 Å². The number of hydrogen-bond acceptors (Lipinski definition) is 5. The van der Waals surface area contributed by atoms with Crippen LogP contribution in [0.1, 0.15) is 17.4 Å².